The SMILES string of the molecule is CCN(c1ccccc1)C(C)c1cc(Br)ccc1O. The van der Waals surface area contributed by atoms with E-state index < -0.39 is 0 Å². The van der Waals surface area contributed by atoms with Gasteiger partial charge in [0.1, 0.15) is 5.75 Å². The van der Waals surface area contributed by atoms with Crippen LogP contribution in [0.2, 0.25) is 0 Å². The predicted octanol–water partition coefficient (Wildman–Crippen LogP) is 4.74. The van der Waals surface area contributed by atoms with Crippen molar-refractivity contribution in [1.29, 1.82) is 0 Å². The number of hydrogen-bond donors (Lipinski definition) is 1. The molecule has 0 aliphatic carbocycles. The van der Waals surface area contributed by atoms with Crippen molar-refractivity contribution in [2.24, 2.45) is 0 Å². The van der Waals surface area contributed by atoms with E-state index in [2.05, 4.69) is 46.8 Å². The number of anilines is 1. The molecule has 0 radical (unpaired) electrons. The summed E-state index contributed by atoms with van der Waals surface area (Å²) < 4.78 is 0.983. The maximum atomic E-state index is 10.0. The van der Waals surface area contributed by atoms with Crippen molar-refractivity contribution < 1.29 is 5.11 Å². The highest BCUT2D eigenvalue weighted by atomic mass is 79.9. The van der Waals surface area contributed by atoms with Crippen LogP contribution in [-0.4, -0.2) is 11.7 Å². The number of benzene rings is 2. The minimum absolute atomic E-state index is 0.116. The van der Waals surface area contributed by atoms with Gasteiger partial charge in [-0.2, -0.15) is 0 Å². The third-order valence-electron chi connectivity index (χ3n) is 3.34. The summed E-state index contributed by atoms with van der Waals surface area (Å²) in [5.74, 6) is 0.338. The van der Waals surface area contributed by atoms with Gasteiger partial charge in [-0.3, -0.25) is 0 Å². The van der Waals surface area contributed by atoms with Crippen molar-refractivity contribution in [2.45, 2.75) is 19.9 Å². The van der Waals surface area contributed by atoms with Gasteiger partial charge in [0.05, 0.1) is 6.04 Å². The summed E-state index contributed by atoms with van der Waals surface area (Å²) >= 11 is 3.46. The van der Waals surface area contributed by atoms with E-state index in [1.165, 1.54) is 0 Å². The van der Waals surface area contributed by atoms with E-state index in [4.69, 9.17) is 0 Å². The zero-order valence-electron chi connectivity index (χ0n) is 11.2. The zero-order chi connectivity index (χ0) is 13.8. The van der Waals surface area contributed by atoms with Crippen LogP contribution in [-0.2, 0) is 0 Å². The lowest BCUT2D eigenvalue weighted by molar-refractivity contribution is 0.461. The van der Waals surface area contributed by atoms with Gasteiger partial charge in [-0.1, -0.05) is 34.1 Å². The number of para-hydroxylation sites is 1. The molecule has 0 aliphatic heterocycles. The molecule has 0 heterocycles. The minimum Gasteiger partial charge on any atom is -0.508 e. The molecule has 2 aromatic carbocycles. The molecule has 0 saturated heterocycles. The van der Waals surface area contributed by atoms with Gasteiger partial charge in [0.25, 0.3) is 0 Å². The second-order valence-corrected chi connectivity index (χ2v) is 5.42. The molecular weight excluding hydrogens is 302 g/mol. The molecule has 0 fully saturated rings. The highest BCUT2D eigenvalue weighted by molar-refractivity contribution is 9.10. The Hall–Kier alpha value is -1.48. The summed E-state index contributed by atoms with van der Waals surface area (Å²) in [6.07, 6.45) is 0. The molecule has 19 heavy (non-hydrogen) atoms. The first-order chi connectivity index (χ1) is 9.13. The molecule has 0 amide bonds. The minimum atomic E-state index is 0.116. The molecule has 2 aromatic rings. The molecule has 0 bridgehead atoms. The highest BCUT2D eigenvalue weighted by Crippen LogP contribution is 2.33. The van der Waals surface area contributed by atoms with Crippen LogP contribution in [0.5, 0.6) is 5.75 Å². The summed E-state index contributed by atoms with van der Waals surface area (Å²) in [6, 6.07) is 15.9. The molecule has 100 valence electrons. The predicted molar refractivity (Wildman–Crippen MR) is 83.7 cm³/mol. The largest absolute Gasteiger partial charge is 0.508 e. The molecule has 2 nitrogen and oxygen atoms in total. The van der Waals surface area contributed by atoms with Crippen LogP contribution < -0.4 is 4.90 Å². The van der Waals surface area contributed by atoms with Crippen LogP contribution in [0.3, 0.4) is 0 Å². The summed E-state index contributed by atoms with van der Waals surface area (Å²) in [7, 11) is 0. The van der Waals surface area contributed by atoms with E-state index in [0.29, 0.717) is 5.75 Å². The maximum absolute atomic E-state index is 10.0. The Balaban J connectivity index is 2.36. The lowest BCUT2D eigenvalue weighted by atomic mass is 10.0. The molecule has 1 unspecified atom stereocenters. The Morgan fingerprint density at radius 3 is 2.47 bits per heavy atom. The summed E-state index contributed by atoms with van der Waals surface area (Å²) in [5.41, 5.74) is 2.09. The average Bonchev–Trinajstić information content (AvgIpc) is 2.43. The quantitative estimate of drug-likeness (QED) is 0.879. The second-order valence-electron chi connectivity index (χ2n) is 4.50. The third kappa shape index (κ3) is 3.10. The standard InChI is InChI=1S/C16H18BrNO/c1-3-18(14-7-5-4-6-8-14)12(2)15-11-13(17)9-10-16(15)19/h4-12,19H,3H2,1-2H3. The zero-order valence-corrected chi connectivity index (χ0v) is 12.8. The van der Waals surface area contributed by atoms with Gasteiger partial charge in [-0.05, 0) is 44.2 Å². The first kappa shape index (κ1) is 13.9. The number of phenols is 1. The monoisotopic (exact) mass is 319 g/mol. The highest BCUT2D eigenvalue weighted by Gasteiger charge is 2.18. The smallest absolute Gasteiger partial charge is 0.120 e. The van der Waals surface area contributed by atoms with Gasteiger partial charge in [0.2, 0.25) is 0 Å². The van der Waals surface area contributed by atoms with Gasteiger partial charge in [-0.15, -0.1) is 0 Å². The summed E-state index contributed by atoms with van der Waals surface area (Å²) in [5, 5.41) is 10.0. The number of rotatable bonds is 4. The van der Waals surface area contributed by atoms with E-state index in [1.807, 2.05) is 30.3 Å². The van der Waals surface area contributed by atoms with Crippen molar-refractivity contribution in [3.63, 3.8) is 0 Å². The van der Waals surface area contributed by atoms with Crippen molar-refractivity contribution in [3.05, 3.63) is 58.6 Å². The first-order valence-corrected chi connectivity index (χ1v) is 7.23. The van der Waals surface area contributed by atoms with E-state index in [-0.39, 0.29) is 6.04 Å². The van der Waals surface area contributed by atoms with Crippen LogP contribution in [0.25, 0.3) is 0 Å². The van der Waals surface area contributed by atoms with E-state index >= 15 is 0 Å². The number of nitrogens with zero attached hydrogens (tertiary/aromatic N) is 1. The Morgan fingerprint density at radius 2 is 1.84 bits per heavy atom. The molecule has 0 aromatic heterocycles. The van der Waals surface area contributed by atoms with Crippen LogP contribution >= 0.6 is 15.9 Å². The van der Waals surface area contributed by atoms with Gasteiger partial charge in [0, 0.05) is 22.3 Å². The van der Waals surface area contributed by atoms with E-state index in [0.717, 1.165) is 22.3 Å². The van der Waals surface area contributed by atoms with Crippen LogP contribution in [0, 0.1) is 0 Å². The summed E-state index contributed by atoms with van der Waals surface area (Å²) in [6.45, 7) is 5.12. The molecule has 3 heteroatoms. The van der Waals surface area contributed by atoms with Crippen molar-refractivity contribution in [2.75, 3.05) is 11.4 Å². The molecule has 1 atom stereocenters. The molecule has 0 aliphatic rings. The van der Waals surface area contributed by atoms with Crippen molar-refractivity contribution >= 4 is 21.6 Å². The number of phenolic OH excluding ortho intramolecular Hbond substituents is 1. The second kappa shape index (κ2) is 6.11. The number of hydrogen-bond acceptors (Lipinski definition) is 2. The number of aromatic hydroxyl groups is 1. The van der Waals surface area contributed by atoms with Crippen LogP contribution in [0.15, 0.2) is 53.0 Å². The fourth-order valence-corrected chi connectivity index (χ4v) is 2.71. The molecular formula is C16H18BrNO. The molecule has 2 rings (SSSR count). The van der Waals surface area contributed by atoms with Crippen molar-refractivity contribution in [3.8, 4) is 5.75 Å². The topological polar surface area (TPSA) is 23.5 Å². The average molecular weight is 320 g/mol. The van der Waals surface area contributed by atoms with E-state index in [1.54, 1.807) is 6.07 Å². The van der Waals surface area contributed by atoms with Crippen LogP contribution in [0.1, 0.15) is 25.5 Å². The fraction of sp³-hybridized carbons (Fsp3) is 0.250. The van der Waals surface area contributed by atoms with E-state index in [9.17, 15) is 5.11 Å². The lowest BCUT2D eigenvalue weighted by Gasteiger charge is -2.31. The normalized spacial score (nSPS) is 12.2. The Kier molecular flexibility index (Phi) is 4.48. The Labute approximate surface area is 122 Å². The maximum Gasteiger partial charge on any atom is 0.120 e. The first-order valence-electron chi connectivity index (χ1n) is 6.43. The molecule has 0 spiro atoms. The third-order valence-corrected chi connectivity index (χ3v) is 3.83. The summed E-state index contributed by atoms with van der Waals surface area (Å²) in [4.78, 5) is 2.27. The van der Waals surface area contributed by atoms with Crippen LogP contribution in [0.4, 0.5) is 5.69 Å². The number of halogens is 1. The van der Waals surface area contributed by atoms with Gasteiger partial charge in [0.15, 0.2) is 0 Å². The van der Waals surface area contributed by atoms with Crippen molar-refractivity contribution in [1.82, 2.24) is 0 Å². The molecule has 1 N–H and O–H groups in total. The molecule has 0 saturated carbocycles. The van der Waals surface area contributed by atoms with Gasteiger partial charge < -0.3 is 10.0 Å². The fourth-order valence-electron chi connectivity index (χ4n) is 2.33. The van der Waals surface area contributed by atoms with Gasteiger partial charge >= 0.3 is 0 Å². The van der Waals surface area contributed by atoms with Gasteiger partial charge in [-0.25, -0.2) is 0 Å². The lowest BCUT2D eigenvalue weighted by Crippen LogP contribution is -2.26. The Bertz CT molecular complexity index is 542. The Morgan fingerprint density at radius 1 is 1.16 bits per heavy atom.